The van der Waals surface area contributed by atoms with E-state index in [-0.39, 0.29) is 6.04 Å². The third-order valence-electron chi connectivity index (χ3n) is 1.61. The molecule has 64 valence electrons. The van der Waals surface area contributed by atoms with Crippen molar-refractivity contribution in [2.24, 2.45) is 5.84 Å². The summed E-state index contributed by atoms with van der Waals surface area (Å²) in [6, 6.07) is 0.188. The molecule has 11 heavy (non-hydrogen) atoms. The summed E-state index contributed by atoms with van der Waals surface area (Å²) in [7, 11) is 0. The van der Waals surface area contributed by atoms with Crippen molar-refractivity contribution < 1.29 is 4.74 Å². The number of rotatable bonds is 4. The first-order valence-corrected chi connectivity index (χ1v) is 5.05. The fourth-order valence-corrected chi connectivity index (χ4v) is 1.65. The van der Waals surface area contributed by atoms with Crippen LogP contribution in [0.2, 0.25) is 0 Å². The van der Waals surface area contributed by atoms with Gasteiger partial charge in [-0.2, -0.15) is 11.8 Å². The molecule has 3 nitrogen and oxygen atoms in total. The summed E-state index contributed by atoms with van der Waals surface area (Å²) in [4.78, 5) is 0. The van der Waals surface area contributed by atoms with Crippen molar-refractivity contribution in [3.05, 3.63) is 11.8 Å². The molecule has 0 saturated carbocycles. The smallest absolute Gasteiger partial charge is 0.111 e. The van der Waals surface area contributed by atoms with Crippen LogP contribution in [0.3, 0.4) is 0 Å². The van der Waals surface area contributed by atoms with Gasteiger partial charge in [-0.15, -0.1) is 0 Å². The molecule has 4 heteroatoms. The average molecular weight is 174 g/mol. The molecule has 0 radical (unpaired) electrons. The van der Waals surface area contributed by atoms with Gasteiger partial charge in [0.1, 0.15) is 5.76 Å². The van der Waals surface area contributed by atoms with Crippen molar-refractivity contribution in [1.82, 2.24) is 5.43 Å². The molecule has 0 aliphatic carbocycles. The lowest BCUT2D eigenvalue weighted by Crippen LogP contribution is -2.38. The number of ether oxygens (including phenoxy) is 1. The lowest BCUT2D eigenvalue weighted by Gasteiger charge is -2.15. The van der Waals surface area contributed by atoms with E-state index < -0.39 is 0 Å². The number of nitrogens with one attached hydrogen (secondary N) is 1. The zero-order chi connectivity index (χ0) is 8.10. The molecule has 0 aromatic rings. The molecule has 3 N–H and O–H groups in total. The van der Waals surface area contributed by atoms with Crippen LogP contribution in [0.5, 0.6) is 0 Å². The summed E-state index contributed by atoms with van der Waals surface area (Å²) in [6.07, 6.45) is 5.17. The van der Waals surface area contributed by atoms with Crippen LogP contribution in [0.1, 0.15) is 6.42 Å². The van der Waals surface area contributed by atoms with Crippen molar-refractivity contribution in [3.8, 4) is 0 Å². The minimum absolute atomic E-state index is 0.188. The molecule has 1 atom stereocenters. The fraction of sp³-hybridized carbons (Fsp3) is 0.714. The van der Waals surface area contributed by atoms with Crippen LogP contribution in [-0.2, 0) is 4.74 Å². The Labute approximate surface area is 71.3 Å². The minimum atomic E-state index is 0.188. The van der Waals surface area contributed by atoms with E-state index in [0.717, 1.165) is 24.5 Å². The van der Waals surface area contributed by atoms with Crippen molar-refractivity contribution in [1.29, 1.82) is 0 Å². The fourth-order valence-electron chi connectivity index (χ4n) is 1.06. The number of thioether (sulfide) groups is 1. The van der Waals surface area contributed by atoms with Gasteiger partial charge >= 0.3 is 0 Å². The number of nitrogens with two attached hydrogens (primary N) is 1. The molecular weight excluding hydrogens is 160 g/mol. The molecule has 0 bridgehead atoms. The van der Waals surface area contributed by atoms with Gasteiger partial charge in [0.15, 0.2) is 0 Å². The molecule has 0 aromatic carbocycles. The number of hydrogen-bond acceptors (Lipinski definition) is 4. The van der Waals surface area contributed by atoms with Crippen molar-refractivity contribution in [2.45, 2.75) is 12.5 Å². The highest BCUT2D eigenvalue weighted by Gasteiger charge is 2.16. The monoisotopic (exact) mass is 174 g/mol. The Morgan fingerprint density at radius 2 is 2.73 bits per heavy atom. The van der Waals surface area contributed by atoms with Crippen molar-refractivity contribution in [2.75, 3.05) is 18.6 Å². The Hall–Kier alpha value is -0.190. The maximum atomic E-state index is 5.36. The Kier molecular flexibility index (Phi) is 3.76. The van der Waals surface area contributed by atoms with Gasteiger partial charge in [0, 0.05) is 12.2 Å². The summed E-state index contributed by atoms with van der Waals surface area (Å²) in [5, 5.41) is 0. The molecular formula is C7H14N2OS. The summed E-state index contributed by atoms with van der Waals surface area (Å²) in [6.45, 7) is 0.807. The van der Waals surface area contributed by atoms with Gasteiger partial charge in [-0.05, 0) is 12.3 Å². The summed E-state index contributed by atoms with van der Waals surface area (Å²) >= 11 is 1.76. The molecule has 1 heterocycles. The van der Waals surface area contributed by atoms with Gasteiger partial charge in [-0.25, -0.2) is 5.43 Å². The maximum Gasteiger partial charge on any atom is 0.111 e. The zero-order valence-electron chi connectivity index (χ0n) is 6.67. The van der Waals surface area contributed by atoms with Crippen LogP contribution < -0.4 is 11.3 Å². The van der Waals surface area contributed by atoms with E-state index in [1.165, 1.54) is 0 Å². The molecule has 0 amide bonds. The number of hydrogen-bond donors (Lipinski definition) is 2. The highest BCUT2D eigenvalue weighted by molar-refractivity contribution is 7.98. The van der Waals surface area contributed by atoms with E-state index in [0.29, 0.717) is 0 Å². The van der Waals surface area contributed by atoms with Gasteiger partial charge in [0.25, 0.3) is 0 Å². The molecule has 1 unspecified atom stereocenters. The highest BCUT2D eigenvalue weighted by atomic mass is 32.2. The first-order chi connectivity index (χ1) is 5.38. The Balaban J connectivity index is 2.40. The second kappa shape index (κ2) is 4.64. The van der Waals surface area contributed by atoms with Gasteiger partial charge < -0.3 is 4.74 Å². The van der Waals surface area contributed by atoms with Gasteiger partial charge in [-0.3, -0.25) is 5.84 Å². The normalized spacial score (nSPS) is 19.3. The largest absolute Gasteiger partial charge is 0.496 e. The quantitative estimate of drug-likeness (QED) is 0.481. The molecule has 0 saturated heterocycles. The van der Waals surface area contributed by atoms with E-state index in [9.17, 15) is 0 Å². The van der Waals surface area contributed by atoms with Crippen LogP contribution in [-0.4, -0.2) is 24.7 Å². The molecule has 1 aliphatic heterocycles. The first kappa shape index (κ1) is 8.90. The lowest BCUT2D eigenvalue weighted by atomic mass is 10.3. The molecule has 0 aromatic heterocycles. The van der Waals surface area contributed by atoms with Crippen molar-refractivity contribution >= 4 is 11.8 Å². The second-order valence-electron chi connectivity index (χ2n) is 2.42. The van der Waals surface area contributed by atoms with Crippen LogP contribution >= 0.6 is 11.8 Å². The van der Waals surface area contributed by atoms with Crippen LogP contribution in [0.25, 0.3) is 0 Å². The highest BCUT2D eigenvalue weighted by Crippen LogP contribution is 2.15. The minimum Gasteiger partial charge on any atom is -0.496 e. The van der Waals surface area contributed by atoms with Crippen LogP contribution in [0, 0.1) is 0 Å². The van der Waals surface area contributed by atoms with Gasteiger partial charge in [0.05, 0.1) is 12.6 Å². The van der Waals surface area contributed by atoms with E-state index in [1.54, 1.807) is 11.8 Å². The van der Waals surface area contributed by atoms with Crippen molar-refractivity contribution in [3.63, 3.8) is 0 Å². The Morgan fingerprint density at radius 1 is 1.91 bits per heavy atom. The third kappa shape index (κ3) is 2.39. The van der Waals surface area contributed by atoms with E-state index >= 15 is 0 Å². The standard InChI is InChI=1S/C7H14N2OS/c1-11-5-6(9-8)7-3-2-4-10-7/h3,6,9H,2,4-5,8H2,1H3. The molecule has 1 rings (SSSR count). The van der Waals surface area contributed by atoms with Gasteiger partial charge in [0.2, 0.25) is 0 Å². The SMILES string of the molecule is CSCC(NN)C1=CCCO1. The molecule has 0 fully saturated rings. The third-order valence-corrected chi connectivity index (χ3v) is 2.28. The van der Waals surface area contributed by atoms with Crippen LogP contribution in [0.15, 0.2) is 11.8 Å². The van der Waals surface area contributed by atoms with E-state index in [1.807, 2.05) is 0 Å². The summed E-state index contributed by atoms with van der Waals surface area (Å²) in [5.41, 5.74) is 2.73. The maximum absolute atomic E-state index is 5.36. The average Bonchev–Trinajstić information content (AvgIpc) is 2.52. The topological polar surface area (TPSA) is 47.3 Å². The first-order valence-electron chi connectivity index (χ1n) is 3.66. The predicted molar refractivity (Wildman–Crippen MR) is 48.1 cm³/mol. The Bertz CT molecular complexity index is 149. The van der Waals surface area contributed by atoms with E-state index in [2.05, 4.69) is 17.8 Å². The number of hydrazine groups is 1. The van der Waals surface area contributed by atoms with E-state index in [4.69, 9.17) is 10.6 Å². The van der Waals surface area contributed by atoms with Crippen LogP contribution in [0.4, 0.5) is 0 Å². The Morgan fingerprint density at radius 3 is 3.18 bits per heavy atom. The second-order valence-corrected chi connectivity index (χ2v) is 3.33. The molecule has 1 aliphatic rings. The van der Waals surface area contributed by atoms with Gasteiger partial charge in [-0.1, -0.05) is 0 Å². The summed E-state index contributed by atoms with van der Waals surface area (Å²) < 4.78 is 5.36. The summed E-state index contributed by atoms with van der Waals surface area (Å²) in [5.74, 6) is 7.32. The molecule has 0 spiro atoms. The predicted octanol–water partition coefficient (Wildman–Crippen LogP) is 0.485. The lowest BCUT2D eigenvalue weighted by molar-refractivity contribution is 0.220. The zero-order valence-corrected chi connectivity index (χ0v) is 7.49.